The van der Waals surface area contributed by atoms with Gasteiger partial charge in [-0.15, -0.1) is 0 Å². The van der Waals surface area contributed by atoms with Crippen LogP contribution in [0.4, 0.5) is 0 Å². The molecule has 0 spiro atoms. The summed E-state index contributed by atoms with van der Waals surface area (Å²) >= 11 is 0. The van der Waals surface area contributed by atoms with E-state index >= 15 is 0 Å². The molecule has 0 aromatic heterocycles. The smallest absolute Gasteiger partial charge is 0.337 e. The average molecular weight is 566 g/mol. The maximum Gasteiger partial charge on any atom is 0.337 e. The number of aliphatic hydroxyl groups is 1. The highest BCUT2D eigenvalue weighted by Gasteiger charge is 2.38. The van der Waals surface area contributed by atoms with E-state index in [9.17, 15) is 14.7 Å². The van der Waals surface area contributed by atoms with Gasteiger partial charge in [0.25, 0.3) is 5.91 Å². The lowest BCUT2D eigenvalue weighted by molar-refractivity contribution is -0.170. The normalized spacial score (nSPS) is 23.7. The first-order valence-electron chi connectivity index (χ1n) is 14.0. The van der Waals surface area contributed by atoms with Crippen LogP contribution in [0.2, 0.25) is 0 Å². The second-order valence-corrected chi connectivity index (χ2v) is 9.38. The summed E-state index contributed by atoms with van der Waals surface area (Å²) < 4.78 is 39.3. The van der Waals surface area contributed by atoms with E-state index in [4.69, 9.17) is 33.2 Å². The zero-order chi connectivity index (χ0) is 28.6. The Balaban J connectivity index is 1.85. The number of methoxy groups -OCH3 is 1. The molecule has 2 aliphatic heterocycles. The van der Waals surface area contributed by atoms with Crippen LogP contribution in [0.1, 0.15) is 41.6 Å². The van der Waals surface area contributed by atoms with E-state index in [1.54, 1.807) is 17.0 Å². The molecule has 0 bridgehead atoms. The highest BCUT2D eigenvalue weighted by atomic mass is 16.7. The van der Waals surface area contributed by atoms with Gasteiger partial charge < -0.3 is 43.2 Å². The molecule has 3 rings (SSSR count). The van der Waals surface area contributed by atoms with Crippen molar-refractivity contribution in [2.24, 2.45) is 5.92 Å². The molecule has 1 N–H and O–H groups in total. The molecule has 2 heterocycles. The summed E-state index contributed by atoms with van der Waals surface area (Å²) in [6, 6.07) is 7.12. The number of rotatable bonds is 8. The lowest BCUT2D eigenvalue weighted by Crippen LogP contribution is -2.42. The molecule has 11 nitrogen and oxygen atoms in total. The Hall–Kier alpha value is -2.54. The molecule has 0 aliphatic carbocycles. The number of esters is 1. The van der Waals surface area contributed by atoms with E-state index in [1.807, 2.05) is 25.1 Å². The molecule has 3 unspecified atom stereocenters. The molecular formula is C29H43NO10. The summed E-state index contributed by atoms with van der Waals surface area (Å²) in [5.41, 5.74) is 1.34. The number of allylic oxidation sites excluding steroid dienone is 1. The van der Waals surface area contributed by atoms with Crippen molar-refractivity contribution in [2.45, 2.75) is 32.0 Å². The van der Waals surface area contributed by atoms with Crippen molar-refractivity contribution in [3.8, 4) is 0 Å². The Bertz CT molecular complexity index is 906. The third-order valence-electron chi connectivity index (χ3n) is 6.75. The molecule has 3 atom stereocenters. The number of amides is 1. The molecule has 0 saturated carbocycles. The van der Waals surface area contributed by atoms with Crippen LogP contribution in [0, 0.1) is 5.92 Å². The lowest BCUT2D eigenvalue weighted by Gasteiger charge is -2.38. The zero-order valence-electron chi connectivity index (χ0n) is 23.6. The summed E-state index contributed by atoms with van der Waals surface area (Å²) in [4.78, 5) is 27.4. The highest BCUT2D eigenvalue weighted by Crippen LogP contribution is 2.39. The molecule has 224 valence electrons. The number of carbonyl (C=O) groups excluding carboxylic acids is 2. The predicted molar refractivity (Wildman–Crippen MR) is 145 cm³/mol. The van der Waals surface area contributed by atoms with Crippen LogP contribution in [0.5, 0.6) is 0 Å². The topological polar surface area (TPSA) is 122 Å². The summed E-state index contributed by atoms with van der Waals surface area (Å²) in [7, 11) is 1.34. The third kappa shape index (κ3) is 9.83. The fraction of sp³-hybridized carbons (Fsp3) is 0.655. The monoisotopic (exact) mass is 565 g/mol. The summed E-state index contributed by atoms with van der Waals surface area (Å²) in [5.74, 6) is -0.917. The number of ether oxygens (including phenoxy) is 7. The lowest BCUT2D eigenvalue weighted by atomic mass is 9.80. The second-order valence-electron chi connectivity index (χ2n) is 9.38. The maximum absolute atomic E-state index is 13.8. The molecule has 1 aromatic carbocycles. The van der Waals surface area contributed by atoms with E-state index in [0.29, 0.717) is 91.0 Å². The quantitative estimate of drug-likeness (QED) is 0.469. The minimum Gasteiger partial charge on any atom is -0.465 e. The largest absolute Gasteiger partial charge is 0.465 e. The Morgan fingerprint density at radius 3 is 2.02 bits per heavy atom. The highest BCUT2D eigenvalue weighted by molar-refractivity contribution is 5.92. The van der Waals surface area contributed by atoms with Gasteiger partial charge in [-0.25, -0.2) is 4.79 Å². The van der Waals surface area contributed by atoms with Gasteiger partial charge in [-0.3, -0.25) is 4.79 Å². The molecule has 40 heavy (non-hydrogen) atoms. The first-order valence-corrected chi connectivity index (χ1v) is 14.0. The van der Waals surface area contributed by atoms with Crippen molar-refractivity contribution < 1.29 is 47.9 Å². The summed E-state index contributed by atoms with van der Waals surface area (Å²) in [6.07, 6.45) is 2.32. The van der Waals surface area contributed by atoms with Crippen molar-refractivity contribution in [2.75, 3.05) is 86.3 Å². The van der Waals surface area contributed by atoms with E-state index in [1.165, 1.54) is 7.11 Å². The van der Waals surface area contributed by atoms with Crippen molar-refractivity contribution in [3.63, 3.8) is 0 Å². The molecular weight excluding hydrogens is 522 g/mol. The van der Waals surface area contributed by atoms with Gasteiger partial charge >= 0.3 is 5.97 Å². The van der Waals surface area contributed by atoms with Crippen LogP contribution < -0.4 is 0 Å². The molecule has 1 saturated heterocycles. The van der Waals surface area contributed by atoms with E-state index in [0.717, 1.165) is 5.56 Å². The molecule has 1 amide bonds. The van der Waals surface area contributed by atoms with Crippen LogP contribution >= 0.6 is 0 Å². The Labute approximate surface area is 236 Å². The van der Waals surface area contributed by atoms with E-state index in [-0.39, 0.29) is 30.1 Å². The maximum atomic E-state index is 13.8. The van der Waals surface area contributed by atoms with Crippen LogP contribution in [0.25, 0.3) is 0 Å². The standard InChI is InChI=1S/C29H43NO10/c1-3-39-29-24(5-4-12-31)25(22-6-8-23(9-7-22)28(33)34-2)21-26(40-29)27(32)30-10-13-35-15-17-37-19-20-38-18-16-36-14-11-30/h6-9,21,24-25,29,31H,3-5,10-20H2,1-2H3. The minimum absolute atomic E-state index is 0.0305. The Morgan fingerprint density at radius 2 is 1.50 bits per heavy atom. The van der Waals surface area contributed by atoms with E-state index in [2.05, 4.69) is 0 Å². The summed E-state index contributed by atoms with van der Waals surface area (Å²) in [6.45, 7) is 6.39. The van der Waals surface area contributed by atoms with Crippen LogP contribution in [-0.4, -0.2) is 114 Å². The first kappa shape index (κ1) is 32.0. The molecule has 2 aliphatic rings. The predicted octanol–water partition coefficient (Wildman–Crippen LogP) is 2.13. The number of hydrogen-bond donors (Lipinski definition) is 1. The van der Waals surface area contributed by atoms with Gasteiger partial charge in [0.1, 0.15) is 0 Å². The Morgan fingerprint density at radius 1 is 0.925 bits per heavy atom. The minimum atomic E-state index is -0.684. The van der Waals surface area contributed by atoms with Crippen LogP contribution in [0.3, 0.4) is 0 Å². The third-order valence-corrected chi connectivity index (χ3v) is 6.75. The van der Waals surface area contributed by atoms with E-state index < -0.39 is 12.3 Å². The molecule has 1 aromatic rings. The van der Waals surface area contributed by atoms with Gasteiger partial charge in [0, 0.05) is 38.1 Å². The second kappa shape index (κ2) is 18.0. The van der Waals surface area contributed by atoms with Gasteiger partial charge in [0.05, 0.1) is 65.5 Å². The zero-order valence-corrected chi connectivity index (χ0v) is 23.6. The number of nitrogens with zero attached hydrogens (tertiary/aromatic N) is 1. The van der Waals surface area contributed by atoms with Crippen molar-refractivity contribution in [3.05, 3.63) is 47.2 Å². The molecule has 11 heteroatoms. The number of aliphatic hydroxyl groups excluding tert-OH is 1. The van der Waals surface area contributed by atoms with Gasteiger partial charge in [-0.1, -0.05) is 12.1 Å². The fourth-order valence-electron chi connectivity index (χ4n) is 4.68. The van der Waals surface area contributed by atoms with Gasteiger partial charge in [0.15, 0.2) is 5.76 Å². The van der Waals surface area contributed by atoms with Crippen molar-refractivity contribution >= 4 is 11.9 Å². The van der Waals surface area contributed by atoms with Crippen molar-refractivity contribution in [1.82, 2.24) is 4.90 Å². The van der Waals surface area contributed by atoms with Gasteiger partial charge in [-0.2, -0.15) is 0 Å². The van der Waals surface area contributed by atoms with Gasteiger partial charge in [0.2, 0.25) is 6.29 Å². The molecule has 0 radical (unpaired) electrons. The Kier molecular flexibility index (Phi) is 14.4. The molecule has 1 fully saturated rings. The SMILES string of the molecule is CCOC1OC(C(=O)N2CCOCCOCCOCCOCC2)=CC(c2ccc(C(=O)OC)cc2)C1CCCO. The van der Waals surface area contributed by atoms with Crippen LogP contribution in [-0.2, 0) is 38.0 Å². The fourth-order valence-corrected chi connectivity index (χ4v) is 4.68. The first-order chi connectivity index (χ1) is 19.6. The van der Waals surface area contributed by atoms with Gasteiger partial charge in [-0.05, 0) is 43.5 Å². The summed E-state index contributed by atoms with van der Waals surface area (Å²) in [5, 5.41) is 9.54. The number of hydrogen-bond acceptors (Lipinski definition) is 10. The van der Waals surface area contributed by atoms with Crippen molar-refractivity contribution in [1.29, 1.82) is 0 Å². The average Bonchev–Trinajstić information content (AvgIpc) is 2.99. The number of benzene rings is 1. The number of carbonyl (C=O) groups is 2. The van der Waals surface area contributed by atoms with Crippen LogP contribution in [0.15, 0.2) is 36.1 Å².